The van der Waals surface area contributed by atoms with E-state index in [1.165, 1.54) is 7.11 Å². The fraction of sp³-hybridized carbons (Fsp3) is 0.385. The molecule has 1 unspecified atom stereocenters. The summed E-state index contributed by atoms with van der Waals surface area (Å²) >= 11 is 10.8. The monoisotopic (exact) mass is 314 g/mol. The molecule has 1 amide bonds. The number of carbonyl (C=O) groups is 1. The van der Waals surface area contributed by atoms with Crippen LogP contribution in [0.4, 0.5) is 0 Å². The minimum Gasteiger partial charge on any atom is -0.496 e. The molecule has 2 rings (SSSR count). The third kappa shape index (κ3) is 3.20. The number of hydrogen-bond donors (Lipinski definition) is 1. The summed E-state index contributed by atoms with van der Waals surface area (Å²) in [5.74, 6) is 0.295. The second-order valence-electron chi connectivity index (χ2n) is 4.36. The summed E-state index contributed by atoms with van der Waals surface area (Å²) in [6.07, 6.45) is -0.402. The molecule has 1 atom stereocenters. The Labute approximate surface area is 127 Å². The van der Waals surface area contributed by atoms with Gasteiger partial charge in [-0.2, -0.15) is 0 Å². The highest BCUT2D eigenvalue weighted by atomic mass is 35.5. The van der Waals surface area contributed by atoms with Gasteiger partial charge in [0.05, 0.1) is 25.8 Å². The Bertz CT molecular complexity index is 538. The lowest BCUT2D eigenvalue weighted by atomic mass is 10.1. The molecule has 1 aromatic rings. The molecular weight excluding hydrogens is 300 g/mol. The van der Waals surface area contributed by atoms with Gasteiger partial charge in [0.1, 0.15) is 16.8 Å². The van der Waals surface area contributed by atoms with Gasteiger partial charge in [-0.05, 0) is 18.2 Å². The van der Waals surface area contributed by atoms with Crippen molar-refractivity contribution < 1.29 is 14.3 Å². The second kappa shape index (κ2) is 6.39. The highest BCUT2D eigenvalue weighted by molar-refractivity contribution is 7.80. The fourth-order valence-electron chi connectivity index (χ4n) is 2.02. The van der Waals surface area contributed by atoms with Crippen molar-refractivity contribution in [3.05, 3.63) is 28.8 Å². The zero-order valence-corrected chi connectivity index (χ0v) is 12.5. The van der Waals surface area contributed by atoms with Crippen LogP contribution in [0, 0.1) is 0 Å². The number of benzene rings is 1. The molecular formula is C13H15ClN2O3S. The van der Waals surface area contributed by atoms with E-state index < -0.39 is 6.10 Å². The van der Waals surface area contributed by atoms with Crippen molar-refractivity contribution >= 4 is 34.7 Å². The standard InChI is InChI=1S/C13H15ClN2O3S/c1-18-10-6-8(14)2-3-9(10)13(17)16-4-5-19-11(7-16)12(15)20/h2-3,6,11H,4-5,7H2,1H3,(H2,15,20). The Morgan fingerprint density at radius 1 is 1.60 bits per heavy atom. The third-order valence-electron chi connectivity index (χ3n) is 3.06. The summed E-state index contributed by atoms with van der Waals surface area (Å²) in [6.45, 7) is 1.24. The maximum Gasteiger partial charge on any atom is 0.257 e. The van der Waals surface area contributed by atoms with Crippen LogP contribution in [0.3, 0.4) is 0 Å². The zero-order valence-electron chi connectivity index (χ0n) is 11.0. The zero-order chi connectivity index (χ0) is 14.7. The number of morpholine rings is 1. The lowest BCUT2D eigenvalue weighted by Gasteiger charge is -2.32. The molecule has 20 heavy (non-hydrogen) atoms. The Morgan fingerprint density at radius 2 is 2.35 bits per heavy atom. The van der Waals surface area contributed by atoms with E-state index in [9.17, 15) is 4.79 Å². The van der Waals surface area contributed by atoms with Gasteiger partial charge in [-0.3, -0.25) is 4.79 Å². The Hall–Kier alpha value is -1.37. The van der Waals surface area contributed by atoms with Crippen LogP contribution in [0.25, 0.3) is 0 Å². The average Bonchev–Trinajstić information content (AvgIpc) is 2.46. The van der Waals surface area contributed by atoms with Gasteiger partial charge < -0.3 is 20.1 Å². The number of carbonyl (C=O) groups excluding carboxylic acids is 1. The predicted molar refractivity (Wildman–Crippen MR) is 80.4 cm³/mol. The van der Waals surface area contributed by atoms with Crippen molar-refractivity contribution in [1.82, 2.24) is 4.90 Å². The Balaban J connectivity index is 2.20. The summed E-state index contributed by atoms with van der Waals surface area (Å²) in [5.41, 5.74) is 6.03. The van der Waals surface area contributed by atoms with E-state index in [4.69, 9.17) is 39.0 Å². The molecule has 2 N–H and O–H groups in total. The number of hydrogen-bond acceptors (Lipinski definition) is 4. The fourth-order valence-corrected chi connectivity index (χ4v) is 2.32. The van der Waals surface area contributed by atoms with Gasteiger partial charge in [0.2, 0.25) is 0 Å². The van der Waals surface area contributed by atoms with Crippen LogP contribution in [0.2, 0.25) is 5.02 Å². The lowest BCUT2D eigenvalue weighted by molar-refractivity contribution is 0.00864. The number of nitrogens with two attached hydrogens (primary N) is 1. The highest BCUT2D eigenvalue weighted by Gasteiger charge is 2.28. The summed E-state index contributed by atoms with van der Waals surface area (Å²) in [4.78, 5) is 14.4. The van der Waals surface area contributed by atoms with E-state index in [1.807, 2.05) is 0 Å². The van der Waals surface area contributed by atoms with Gasteiger partial charge in [-0.15, -0.1) is 0 Å². The molecule has 1 fully saturated rings. The van der Waals surface area contributed by atoms with Crippen molar-refractivity contribution in [2.75, 3.05) is 26.8 Å². The van der Waals surface area contributed by atoms with Crippen LogP contribution >= 0.6 is 23.8 Å². The predicted octanol–water partition coefficient (Wildman–Crippen LogP) is 1.48. The molecule has 1 heterocycles. The topological polar surface area (TPSA) is 64.8 Å². The van der Waals surface area contributed by atoms with E-state index in [0.717, 1.165) is 0 Å². The van der Waals surface area contributed by atoms with Gasteiger partial charge in [0.15, 0.2) is 0 Å². The molecule has 1 saturated heterocycles. The van der Waals surface area contributed by atoms with Gasteiger partial charge in [-0.25, -0.2) is 0 Å². The molecule has 5 nitrogen and oxygen atoms in total. The minimum absolute atomic E-state index is 0.150. The van der Waals surface area contributed by atoms with Crippen LogP contribution in [0.5, 0.6) is 5.75 Å². The smallest absolute Gasteiger partial charge is 0.257 e. The first-order valence-corrected chi connectivity index (χ1v) is 6.85. The molecule has 7 heteroatoms. The van der Waals surface area contributed by atoms with E-state index in [-0.39, 0.29) is 10.9 Å². The van der Waals surface area contributed by atoms with E-state index in [0.29, 0.717) is 36.0 Å². The minimum atomic E-state index is -0.402. The van der Waals surface area contributed by atoms with Gasteiger partial charge in [-0.1, -0.05) is 23.8 Å². The molecule has 0 saturated carbocycles. The molecule has 0 bridgehead atoms. The largest absolute Gasteiger partial charge is 0.496 e. The Morgan fingerprint density at radius 3 is 3.00 bits per heavy atom. The van der Waals surface area contributed by atoms with Crippen LogP contribution in [-0.2, 0) is 4.74 Å². The third-order valence-corrected chi connectivity index (χ3v) is 3.56. The molecule has 1 aliphatic heterocycles. The first-order chi connectivity index (χ1) is 9.52. The number of nitrogens with zero attached hydrogens (tertiary/aromatic N) is 1. The highest BCUT2D eigenvalue weighted by Crippen LogP contribution is 2.25. The van der Waals surface area contributed by atoms with Crippen molar-refractivity contribution in [2.24, 2.45) is 5.73 Å². The van der Waals surface area contributed by atoms with Crippen LogP contribution < -0.4 is 10.5 Å². The van der Waals surface area contributed by atoms with E-state index >= 15 is 0 Å². The summed E-state index contributed by atoms with van der Waals surface area (Å²) in [5, 5.41) is 0.515. The van der Waals surface area contributed by atoms with Gasteiger partial charge in [0, 0.05) is 11.6 Å². The number of halogens is 1. The molecule has 108 valence electrons. The van der Waals surface area contributed by atoms with E-state index in [2.05, 4.69) is 0 Å². The molecule has 0 aliphatic carbocycles. The molecule has 0 radical (unpaired) electrons. The SMILES string of the molecule is COc1cc(Cl)ccc1C(=O)N1CCOC(C(N)=S)C1. The number of ether oxygens (including phenoxy) is 2. The molecule has 1 aromatic carbocycles. The van der Waals surface area contributed by atoms with Gasteiger partial charge in [0.25, 0.3) is 5.91 Å². The summed E-state index contributed by atoms with van der Waals surface area (Å²) in [6, 6.07) is 4.91. The lowest BCUT2D eigenvalue weighted by Crippen LogP contribution is -2.49. The van der Waals surface area contributed by atoms with Crippen molar-refractivity contribution in [1.29, 1.82) is 0 Å². The number of amides is 1. The molecule has 1 aliphatic rings. The number of thiocarbonyl (C=S) groups is 1. The average molecular weight is 315 g/mol. The quantitative estimate of drug-likeness (QED) is 0.856. The first-order valence-electron chi connectivity index (χ1n) is 6.06. The van der Waals surface area contributed by atoms with Crippen LogP contribution in [-0.4, -0.2) is 48.7 Å². The maximum absolute atomic E-state index is 12.5. The number of methoxy groups -OCH3 is 1. The molecule has 0 aromatic heterocycles. The summed E-state index contributed by atoms with van der Waals surface area (Å²) < 4.78 is 10.6. The second-order valence-corrected chi connectivity index (χ2v) is 5.27. The normalized spacial score (nSPS) is 18.7. The van der Waals surface area contributed by atoms with Crippen molar-refractivity contribution in [2.45, 2.75) is 6.10 Å². The maximum atomic E-state index is 12.5. The van der Waals surface area contributed by atoms with Crippen molar-refractivity contribution in [3.63, 3.8) is 0 Å². The molecule has 0 spiro atoms. The van der Waals surface area contributed by atoms with Gasteiger partial charge >= 0.3 is 0 Å². The first kappa shape index (κ1) is 15.0. The van der Waals surface area contributed by atoms with Crippen molar-refractivity contribution in [3.8, 4) is 5.75 Å². The Kier molecular flexibility index (Phi) is 4.80. The van der Waals surface area contributed by atoms with Crippen LogP contribution in [0.1, 0.15) is 10.4 Å². The van der Waals surface area contributed by atoms with E-state index in [1.54, 1.807) is 23.1 Å². The van der Waals surface area contributed by atoms with Crippen LogP contribution in [0.15, 0.2) is 18.2 Å². The summed E-state index contributed by atoms with van der Waals surface area (Å²) in [7, 11) is 1.50. The number of rotatable bonds is 3.